The molecule has 0 radical (unpaired) electrons. The number of ether oxygens (including phenoxy) is 1. The van der Waals surface area contributed by atoms with Crippen molar-refractivity contribution in [2.45, 2.75) is 64.0 Å². The van der Waals surface area contributed by atoms with Gasteiger partial charge in [-0.2, -0.15) is 4.98 Å². The summed E-state index contributed by atoms with van der Waals surface area (Å²) in [5, 5.41) is 13.3. The molecular formula is C27H39N5O3. The van der Waals surface area contributed by atoms with Crippen LogP contribution in [0.4, 0.5) is 16.6 Å². The maximum Gasteiger partial charge on any atom is 0.407 e. The molecule has 0 spiro atoms. The molecule has 0 unspecified atom stereocenters. The summed E-state index contributed by atoms with van der Waals surface area (Å²) in [6.07, 6.45) is 7.62. The minimum absolute atomic E-state index is 0.329. The van der Waals surface area contributed by atoms with E-state index in [4.69, 9.17) is 14.7 Å². The van der Waals surface area contributed by atoms with Gasteiger partial charge in [0.15, 0.2) is 0 Å². The largest absolute Gasteiger partial charge is 0.465 e. The zero-order valence-corrected chi connectivity index (χ0v) is 21.1. The van der Waals surface area contributed by atoms with E-state index in [-0.39, 0.29) is 0 Å². The SMILES string of the molecule is CN(C)c1nc(N[C@H]2CC[C@@H](CN(CCOCc3ccccc3)C(=O)O)CC2)nc2c1CCCC2. The molecule has 1 saturated carbocycles. The van der Waals surface area contributed by atoms with Crippen LogP contribution in [0, 0.1) is 5.92 Å². The van der Waals surface area contributed by atoms with Crippen LogP contribution in [0.3, 0.4) is 0 Å². The van der Waals surface area contributed by atoms with Gasteiger partial charge in [-0.15, -0.1) is 0 Å². The van der Waals surface area contributed by atoms with Crippen molar-refractivity contribution in [3.63, 3.8) is 0 Å². The molecular weight excluding hydrogens is 442 g/mol. The monoisotopic (exact) mass is 481 g/mol. The zero-order chi connectivity index (χ0) is 24.6. The van der Waals surface area contributed by atoms with E-state index < -0.39 is 6.09 Å². The van der Waals surface area contributed by atoms with Crippen LogP contribution in [0.1, 0.15) is 55.3 Å². The predicted octanol–water partition coefficient (Wildman–Crippen LogP) is 4.59. The molecule has 0 saturated heterocycles. The Bertz CT molecular complexity index is 961. The first kappa shape index (κ1) is 25.2. The Balaban J connectivity index is 1.24. The highest BCUT2D eigenvalue weighted by atomic mass is 16.5. The van der Waals surface area contributed by atoms with Gasteiger partial charge >= 0.3 is 6.09 Å². The number of carbonyl (C=O) groups is 1. The molecule has 0 atom stereocenters. The van der Waals surface area contributed by atoms with Crippen molar-refractivity contribution < 1.29 is 14.6 Å². The van der Waals surface area contributed by atoms with E-state index in [1.54, 1.807) is 0 Å². The van der Waals surface area contributed by atoms with Gasteiger partial charge in [0.2, 0.25) is 5.95 Å². The first-order valence-corrected chi connectivity index (χ1v) is 12.9. The van der Waals surface area contributed by atoms with E-state index in [9.17, 15) is 9.90 Å². The number of anilines is 2. The van der Waals surface area contributed by atoms with Crippen molar-refractivity contribution in [1.29, 1.82) is 0 Å². The van der Waals surface area contributed by atoms with Crippen LogP contribution in [0.5, 0.6) is 0 Å². The molecule has 35 heavy (non-hydrogen) atoms. The summed E-state index contributed by atoms with van der Waals surface area (Å²) in [4.78, 5) is 25.1. The van der Waals surface area contributed by atoms with Crippen LogP contribution in [0.15, 0.2) is 30.3 Å². The van der Waals surface area contributed by atoms with E-state index >= 15 is 0 Å². The number of nitrogens with one attached hydrogen (secondary N) is 1. The summed E-state index contributed by atoms with van der Waals surface area (Å²) in [6, 6.07) is 10.3. The van der Waals surface area contributed by atoms with Gasteiger partial charge in [-0.3, -0.25) is 0 Å². The first-order valence-electron chi connectivity index (χ1n) is 12.9. The number of hydrogen-bond acceptors (Lipinski definition) is 6. The van der Waals surface area contributed by atoms with Crippen molar-refractivity contribution in [2.24, 2.45) is 5.92 Å². The summed E-state index contributed by atoms with van der Waals surface area (Å²) in [5.74, 6) is 2.15. The van der Waals surface area contributed by atoms with Gasteiger partial charge in [0.25, 0.3) is 0 Å². The summed E-state index contributed by atoms with van der Waals surface area (Å²) in [6.45, 7) is 1.88. The van der Waals surface area contributed by atoms with Crippen molar-refractivity contribution >= 4 is 17.9 Å². The third-order valence-corrected chi connectivity index (χ3v) is 7.13. The number of carboxylic acid groups (broad SMARTS) is 1. The van der Waals surface area contributed by atoms with Gasteiger partial charge < -0.3 is 25.0 Å². The van der Waals surface area contributed by atoms with Gasteiger partial charge in [-0.05, 0) is 62.8 Å². The first-order chi connectivity index (χ1) is 17.0. The van der Waals surface area contributed by atoms with Gasteiger partial charge in [-0.1, -0.05) is 30.3 Å². The molecule has 2 N–H and O–H groups in total. The zero-order valence-electron chi connectivity index (χ0n) is 21.1. The Hall–Kier alpha value is -2.87. The van der Waals surface area contributed by atoms with E-state index in [1.165, 1.54) is 29.0 Å². The third kappa shape index (κ3) is 7.07. The predicted molar refractivity (Wildman–Crippen MR) is 138 cm³/mol. The molecule has 2 aliphatic rings. The number of fused-ring (bicyclic) bond motifs is 1. The number of nitrogens with zero attached hydrogens (tertiary/aromatic N) is 4. The van der Waals surface area contributed by atoms with Crippen molar-refractivity contribution in [1.82, 2.24) is 14.9 Å². The average molecular weight is 482 g/mol. The molecule has 190 valence electrons. The lowest BCUT2D eigenvalue weighted by Gasteiger charge is -2.32. The number of benzene rings is 1. The highest BCUT2D eigenvalue weighted by Crippen LogP contribution is 2.30. The van der Waals surface area contributed by atoms with E-state index in [2.05, 4.69) is 10.2 Å². The second kappa shape index (κ2) is 12.2. The van der Waals surface area contributed by atoms with Gasteiger partial charge in [0.1, 0.15) is 5.82 Å². The fourth-order valence-electron chi connectivity index (χ4n) is 5.20. The fourth-order valence-corrected chi connectivity index (χ4v) is 5.20. The molecule has 1 aromatic carbocycles. The lowest BCUT2D eigenvalue weighted by molar-refractivity contribution is 0.0780. The summed E-state index contributed by atoms with van der Waals surface area (Å²) < 4.78 is 5.71. The number of aryl methyl sites for hydroxylation is 1. The van der Waals surface area contributed by atoms with Crippen molar-refractivity contribution in [2.75, 3.05) is 44.0 Å². The Kier molecular flexibility index (Phi) is 8.79. The summed E-state index contributed by atoms with van der Waals surface area (Å²) >= 11 is 0. The van der Waals surface area contributed by atoms with Crippen LogP contribution >= 0.6 is 0 Å². The van der Waals surface area contributed by atoms with E-state index in [0.29, 0.717) is 38.3 Å². The number of hydrogen-bond donors (Lipinski definition) is 2. The third-order valence-electron chi connectivity index (χ3n) is 7.13. The standard InChI is InChI=1S/C27H39N5O3/c1-31(2)25-23-10-6-7-11-24(23)29-26(30-25)28-22-14-12-20(13-15-22)18-32(27(33)34)16-17-35-19-21-8-4-3-5-9-21/h3-5,8-9,20,22H,6-7,10-19H2,1-2H3,(H,33,34)(H,28,29,30)/t20-,22+. The smallest absolute Gasteiger partial charge is 0.407 e. The Morgan fingerprint density at radius 3 is 2.54 bits per heavy atom. The lowest BCUT2D eigenvalue weighted by atomic mass is 9.85. The topological polar surface area (TPSA) is 90.8 Å². The summed E-state index contributed by atoms with van der Waals surface area (Å²) in [7, 11) is 4.10. The number of rotatable bonds is 10. The summed E-state index contributed by atoms with van der Waals surface area (Å²) in [5.41, 5.74) is 3.59. The molecule has 8 heteroatoms. The quantitative estimate of drug-likeness (QED) is 0.480. The highest BCUT2D eigenvalue weighted by Gasteiger charge is 2.26. The number of aromatic nitrogens is 2. The normalized spacial score (nSPS) is 19.6. The minimum Gasteiger partial charge on any atom is -0.465 e. The van der Waals surface area contributed by atoms with Crippen LogP contribution in [-0.4, -0.2) is 65.9 Å². The molecule has 2 aromatic rings. The molecule has 1 heterocycles. The average Bonchev–Trinajstić information content (AvgIpc) is 2.87. The molecule has 0 bridgehead atoms. The minimum atomic E-state index is -0.868. The van der Waals surface area contributed by atoms with Gasteiger partial charge in [-0.25, -0.2) is 9.78 Å². The van der Waals surface area contributed by atoms with Gasteiger partial charge in [0.05, 0.1) is 18.9 Å². The van der Waals surface area contributed by atoms with Crippen LogP contribution < -0.4 is 10.2 Å². The second-order valence-corrected chi connectivity index (χ2v) is 10.0. The molecule has 1 fully saturated rings. The molecule has 1 amide bonds. The van der Waals surface area contributed by atoms with Crippen molar-refractivity contribution in [3.8, 4) is 0 Å². The van der Waals surface area contributed by atoms with Gasteiger partial charge in [0, 0.05) is 38.8 Å². The number of amides is 1. The fraction of sp³-hybridized carbons (Fsp3) is 0.593. The Morgan fingerprint density at radius 2 is 1.83 bits per heavy atom. The molecule has 0 aliphatic heterocycles. The van der Waals surface area contributed by atoms with Crippen LogP contribution in [0.2, 0.25) is 0 Å². The molecule has 2 aliphatic carbocycles. The van der Waals surface area contributed by atoms with Crippen molar-refractivity contribution in [3.05, 3.63) is 47.2 Å². The maximum absolute atomic E-state index is 11.8. The molecule has 8 nitrogen and oxygen atoms in total. The van der Waals surface area contributed by atoms with Crippen LogP contribution in [0.25, 0.3) is 0 Å². The molecule has 1 aromatic heterocycles. The van der Waals surface area contributed by atoms with Crippen LogP contribution in [-0.2, 0) is 24.2 Å². The van der Waals surface area contributed by atoms with E-state index in [0.717, 1.165) is 55.9 Å². The Morgan fingerprint density at radius 1 is 1.09 bits per heavy atom. The van der Waals surface area contributed by atoms with E-state index in [1.807, 2.05) is 44.4 Å². The Labute approximate surface area is 208 Å². The second-order valence-electron chi connectivity index (χ2n) is 10.0. The lowest BCUT2D eigenvalue weighted by Crippen LogP contribution is -2.39. The molecule has 4 rings (SSSR count). The highest BCUT2D eigenvalue weighted by molar-refractivity contribution is 5.64. The maximum atomic E-state index is 11.8.